The largest absolute Gasteiger partial charge is 0.443 e. The van der Waals surface area contributed by atoms with E-state index in [2.05, 4.69) is 10.3 Å². The Morgan fingerprint density at radius 2 is 1.77 bits per heavy atom. The molecule has 9 heteroatoms. The standard InChI is InChI=1S/C30H25F3N4O2/c31-30(32,33)22-8-10-25-24(14-22)36-28(37(25)16-29(11-12-34-15-29)27(38)19-3-4-19)20-5-1-18(2-6-20)21-7-9-23-26(13-21)39-17-35-23/h1-2,5-10,13-14,17,19,34H,3-4,11-12,15-16H2/t29-/m0/s1. The summed E-state index contributed by atoms with van der Waals surface area (Å²) in [4.78, 5) is 22.3. The van der Waals surface area contributed by atoms with Gasteiger partial charge in [0.15, 0.2) is 12.0 Å². The molecule has 1 aliphatic carbocycles. The van der Waals surface area contributed by atoms with Crippen LogP contribution in [0.15, 0.2) is 71.5 Å². The molecule has 1 saturated carbocycles. The third-order valence-corrected chi connectivity index (χ3v) is 8.06. The topological polar surface area (TPSA) is 73.0 Å². The van der Waals surface area contributed by atoms with Crippen LogP contribution in [-0.2, 0) is 17.5 Å². The van der Waals surface area contributed by atoms with E-state index in [1.807, 2.05) is 47.0 Å². The molecule has 0 bridgehead atoms. The summed E-state index contributed by atoms with van der Waals surface area (Å²) in [6, 6.07) is 17.2. The molecule has 5 aromatic rings. The van der Waals surface area contributed by atoms with Crippen LogP contribution in [0.25, 0.3) is 44.6 Å². The van der Waals surface area contributed by atoms with E-state index in [4.69, 9.17) is 9.40 Å². The number of hydrogen-bond donors (Lipinski definition) is 1. The van der Waals surface area contributed by atoms with Gasteiger partial charge in [-0.15, -0.1) is 0 Å². The average molecular weight is 531 g/mol. The maximum absolute atomic E-state index is 13.5. The van der Waals surface area contributed by atoms with Gasteiger partial charge in [-0.1, -0.05) is 30.3 Å². The number of halogens is 3. The third kappa shape index (κ3) is 4.21. The first-order valence-electron chi connectivity index (χ1n) is 13.1. The Balaban J connectivity index is 1.32. The zero-order valence-corrected chi connectivity index (χ0v) is 21.0. The van der Waals surface area contributed by atoms with E-state index < -0.39 is 17.2 Å². The predicted octanol–water partition coefficient (Wildman–Crippen LogP) is 6.49. The predicted molar refractivity (Wildman–Crippen MR) is 141 cm³/mol. The van der Waals surface area contributed by atoms with Crippen LogP contribution in [0, 0.1) is 11.3 Å². The monoisotopic (exact) mass is 530 g/mol. The van der Waals surface area contributed by atoms with Gasteiger partial charge in [0, 0.05) is 24.6 Å². The highest BCUT2D eigenvalue weighted by atomic mass is 19.4. The average Bonchev–Trinajstić information content (AvgIpc) is 3.32. The number of hydrogen-bond acceptors (Lipinski definition) is 5. The van der Waals surface area contributed by atoms with Gasteiger partial charge < -0.3 is 14.3 Å². The van der Waals surface area contributed by atoms with Crippen molar-refractivity contribution in [2.75, 3.05) is 13.1 Å². The quantitative estimate of drug-likeness (QED) is 0.272. The number of nitrogens with zero attached hydrogens (tertiary/aromatic N) is 3. The van der Waals surface area contributed by atoms with Gasteiger partial charge in [0.1, 0.15) is 17.1 Å². The number of imidazole rings is 1. The Bertz CT molecular complexity index is 1710. The molecule has 3 heterocycles. The van der Waals surface area contributed by atoms with Crippen molar-refractivity contribution in [3.05, 3.63) is 72.6 Å². The van der Waals surface area contributed by atoms with Crippen LogP contribution < -0.4 is 5.32 Å². The molecule has 0 spiro atoms. The van der Waals surface area contributed by atoms with Crippen LogP contribution in [0.4, 0.5) is 13.2 Å². The normalized spacial score (nSPS) is 19.8. The molecule has 198 valence electrons. The zero-order chi connectivity index (χ0) is 26.8. The molecule has 2 fully saturated rings. The number of rotatable bonds is 6. The van der Waals surface area contributed by atoms with Crippen molar-refractivity contribution < 1.29 is 22.4 Å². The minimum Gasteiger partial charge on any atom is -0.443 e. The molecule has 6 nitrogen and oxygen atoms in total. The second-order valence-electron chi connectivity index (χ2n) is 10.7. The number of alkyl halides is 3. The smallest absolute Gasteiger partial charge is 0.416 e. The summed E-state index contributed by atoms with van der Waals surface area (Å²) >= 11 is 0. The Hall–Kier alpha value is -3.98. The highest BCUT2D eigenvalue weighted by molar-refractivity contribution is 5.90. The van der Waals surface area contributed by atoms with Crippen molar-refractivity contribution in [1.29, 1.82) is 0 Å². The third-order valence-electron chi connectivity index (χ3n) is 8.06. The lowest BCUT2D eigenvalue weighted by molar-refractivity contribution is -0.137. The number of fused-ring (bicyclic) bond motifs is 2. The van der Waals surface area contributed by atoms with Crippen molar-refractivity contribution in [2.45, 2.75) is 32.0 Å². The first-order chi connectivity index (χ1) is 18.8. The van der Waals surface area contributed by atoms with Crippen molar-refractivity contribution >= 4 is 27.9 Å². The maximum atomic E-state index is 13.5. The molecular formula is C30H25F3N4O2. The SMILES string of the molecule is O=C(C1CC1)[C@@]1(Cn2c(-c3ccc(-c4ccc5ncoc5c4)cc3)nc3cc(C(F)(F)F)ccc32)CCNC1. The molecule has 0 amide bonds. The van der Waals surface area contributed by atoms with Gasteiger partial charge >= 0.3 is 6.18 Å². The van der Waals surface area contributed by atoms with E-state index in [0.29, 0.717) is 36.4 Å². The van der Waals surface area contributed by atoms with Gasteiger partial charge in [0.2, 0.25) is 0 Å². The summed E-state index contributed by atoms with van der Waals surface area (Å²) in [5, 5.41) is 3.35. The second-order valence-corrected chi connectivity index (χ2v) is 10.7. The Morgan fingerprint density at radius 1 is 1.00 bits per heavy atom. The fourth-order valence-corrected chi connectivity index (χ4v) is 5.78. The van der Waals surface area contributed by atoms with Gasteiger partial charge in [0.05, 0.1) is 22.0 Å². The van der Waals surface area contributed by atoms with E-state index in [1.54, 1.807) is 0 Å². The minimum atomic E-state index is -4.47. The summed E-state index contributed by atoms with van der Waals surface area (Å²) in [6.07, 6.45) is -0.538. The lowest BCUT2D eigenvalue weighted by Crippen LogP contribution is -2.39. The summed E-state index contributed by atoms with van der Waals surface area (Å²) in [7, 11) is 0. The second kappa shape index (κ2) is 8.77. The number of nitrogens with one attached hydrogen (secondary N) is 1. The van der Waals surface area contributed by atoms with Crippen LogP contribution in [0.2, 0.25) is 0 Å². The zero-order valence-electron chi connectivity index (χ0n) is 21.0. The molecule has 7 rings (SSSR count). The van der Waals surface area contributed by atoms with Crippen molar-refractivity contribution in [3.63, 3.8) is 0 Å². The molecule has 1 N–H and O–H groups in total. The van der Waals surface area contributed by atoms with Crippen molar-refractivity contribution in [1.82, 2.24) is 19.9 Å². The van der Waals surface area contributed by atoms with Gasteiger partial charge in [-0.25, -0.2) is 9.97 Å². The number of ketones is 1. The fourth-order valence-electron chi connectivity index (χ4n) is 5.78. The minimum absolute atomic E-state index is 0.0842. The first kappa shape index (κ1) is 24.1. The van der Waals surface area contributed by atoms with Gasteiger partial charge in [-0.05, 0) is 67.3 Å². The highest BCUT2D eigenvalue weighted by Crippen LogP contribution is 2.43. The summed E-state index contributed by atoms with van der Waals surface area (Å²) in [5.41, 5.74) is 3.67. The van der Waals surface area contributed by atoms with Crippen molar-refractivity contribution in [2.24, 2.45) is 11.3 Å². The first-order valence-corrected chi connectivity index (χ1v) is 13.1. The molecule has 1 atom stereocenters. The number of aromatic nitrogens is 3. The molecule has 39 heavy (non-hydrogen) atoms. The molecule has 1 saturated heterocycles. The highest BCUT2D eigenvalue weighted by Gasteiger charge is 2.48. The van der Waals surface area contributed by atoms with Crippen molar-refractivity contribution in [3.8, 4) is 22.5 Å². The van der Waals surface area contributed by atoms with Crippen LogP contribution in [0.5, 0.6) is 0 Å². The number of Topliss-reactive ketones (excluding diaryl/α,β-unsaturated/α-hetero) is 1. The Morgan fingerprint density at radius 3 is 2.49 bits per heavy atom. The van der Waals surface area contributed by atoms with E-state index in [1.165, 1.54) is 12.5 Å². The van der Waals surface area contributed by atoms with Gasteiger partial charge in [-0.2, -0.15) is 13.2 Å². The molecule has 2 aliphatic rings. The van der Waals surface area contributed by atoms with Crippen LogP contribution >= 0.6 is 0 Å². The fraction of sp³-hybridized carbons (Fsp3) is 0.300. The van der Waals surface area contributed by atoms with E-state index in [0.717, 1.165) is 53.7 Å². The molecule has 0 unspecified atom stereocenters. The summed E-state index contributed by atoms with van der Waals surface area (Å²) in [6.45, 7) is 1.67. The maximum Gasteiger partial charge on any atom is 0.416 e. The lowest BCUT2D eigenvalue weighted by atomic mass is 9.80. The van der Waals surface area contributed by atoms with Crippen LogP contribution in [0.3, 0.4) is 0 Å². The van der Waals surface area contributed by atoms with Gasteiger partial charge in [0.25, 0.3) is 0 Å². The summed E-state index contributed by atoms with van der Waals surface area (Å²) < 4.78 is 47.9. The van der Waals surface area contributed by atoms with E-state index >= 15 is 0 Å². The Labute approximate surface area is 221 Å². The van der Waals surface area contributed by atoms with Crippen LogP contribution in [-0.4, -0.2) is 33.4 Å². The summed E-state index contributed by atoms with van der Waals surface area (Å²) in [5.74, 6) is 0.891. The van der Waals surface area contributed by atoms with E-state index in [9.17, 15) is 18.0 Å². The molecule has 1 aliphatic heterocycles. The lowest BCUT2D eigenvalue weighted by Gasteiger charge is -2.28. The number of oxazole rings is 1. The number of carbonyl (C=O) groups is 1. The number of benzene rings is 3. The Kier molecular flexibility index (Phi) is 5.42. The number of carbonyl (C=O) groups excluding carboxylic acids is 1. The molecule has 0 radical (unpaired) electrons. The molecule has 2 aromatic heterocycles. The molecular weight excluding hydrogens is 505 g/mol. The van der Waals surface area contributed by atoms with E-state index in [-0.39, 0.29) is 17.2 Å². The van der Waals surface area contributed by atoms with Gasteiger partial charge in [-0.3, -0.25) is 4.79 Å². The molecule has 3 aromatic carbocycles. The van der Waals surface area contributed by atoms with Crippen LogP contribution in [0.1, 0.15) is 24.8 Å².